The third kappa shape index (κ3) is 4.17. The zero-order valence-electron chi connectivity index (χ0n) is 15.9. The van der Waals surface area contributed by atoms with E-state index in [2.05, 4.69) is 39.9 Å². The van der Waals surface area contributed by atoms with Crippen LogP contribution in [0, 0.1) is 17.0 Å². The number of aryl methyl sites for hydroxylation is 1. The monoisotopic (exact) mass is 408 g/mol. The van der Waals surface area contributed by atoms with Crippen LogP contribution in [0.4, 0.5) is 11.4 Å². The molecule has 0 radical (unpaired) electrons. The molecule has 4 rings (SSSR count). The summed E-state index contributed by atoms with van der Waals surface area (Å²) >= 11 is 1.33. The molecule has 2 aliphatic heterocycles. The summed E-state index contributed by atoms with van der Waals surface area (Å²) in [5.41, 5.74) is 3.13. The van der Waals surface area contributed by atoms with E-state index in [-0.39, 0.29) is 11.6 Å². The summed E-state index contributed by atoms with van der Waals surface area (Å²) in [6.45, 7) is 5.42. The zero-order chi connectivity index (χ0) is 20.4. The van der Waals surface area contributed by atoms with Gasteiger partial charge in [0.2, 0.25) is 0 Å². The normalized spacial score (nSPS) is 18.3. The van der Waals surface area contributed by atoms with Crippen LogP contribution in [0.3, 0.4) is 0 Å². The molecule has 0 spiro atoms. The van der Waals surface area contributed by atoms with Gasteiger partial charge in [0.25, 0.3) is 11.6 Å². The molecule has 0 unspecified atom stereocenters. The molecule has 0 aliphatic carbocycles. The van der Waals surface area contributed by atoms with Crippen molar-refractivity contribution in [3.63, 3.8) is 0 Å². The molecule has 1 amide bonds. The molecule has 0 aromatic heterocycles. The summed E-state index contributed by atoms with van der Waals surface area (Å²) in [5.74, 6) is -0.294. The molecule has 0 N–H and O–H groups in total. The first kappa shape index (κ1) is 19.2. The van der Waals surface area contributed by atoms with Crippen LogP contribution in [0.15, 0.2) is 58.4 Å². The van der Waals surface area contributed by atoms with E-state index in [1.54, 1.807) is 18.2 Å². The number of amides is 1. The Labute approximate surface area is 172 Å². The van der Waals surface area contributed by atoms with Crippen LogP contribution >= 0.6 is 11.8 Å². The lowest BCUT2D eigenvalue weighted by Crippen LogP contribution is -2.48. The number of nitro benzene ring substituents is 1. The minimum atomic E-state index is -0.443. The summed E-state index contributed by atoms with van der Waals surface area (Å²) in [6, 6.07) is 14.6. The lowest BCUT2D eigenvalue weighted by Gasteiger charge is -2.37. The van der Waals surface area contributed by atoms with Gasteiger partial charge in [-0.15, -0.1) is 0 Å². The molecule has 2 aromatic carbocycles. The van der Waals surface area contributed by atoms with Gasteiger partial charge in [-0.2, -0.15) is 4.99 Å². The molecule has 148 valence electrons. The van der Waals surface area contributed by atoms with Gasteiger partial charge >= 0.3 is 0 Å². The van der Waals surface area contributed by atoms with Crippen molar-refractivity contribution in [1.82, 2.24) is 4.90 Å². The summed E-state index contributed by atoms with van der Waals surface area (Å²) in [4.78, 5) is 32.0. The molecular weight excluding hydrogens is 388 g/mol. The van der Waals surface area contributed by atoms with Crippen molar-refractivity contribution in [3.8, 4) is 0 Å². The summed E-state index contributed by atoms with van der Waals surface area (Å²) < 4.78 is 0. The molecule has 2 aliphatic rings. The number of nitrogens with zero attached hydrogens (tertiary/aromatic N) is 4. The SMILES string of the molecule is Cc1ccccc1N1CCN(C2=NC(=O)/C(=C\c3cccc([N+](=O)[O-])c3)S2)CC1. The fourth-order valence-electron chi connectivity index (χ4n) is 3.47. The molecule has 1 fully saturated rings. The van der Waals surface area contributed by atoms with Crippen LogP contribution in [0.1, 0.15) is 11.1 Å². The van der Waals surface area contributed by atoms with E-state index in [4.69, 9.17) is 0 Å². The van der Waals surface area contributed by atoms with Gasteiger partial charge in [0.15, 0.2) is 5.17 Å². The van der Waals surface area contributed by atoms with Crippen LogP contribution in [-0.4, -0.2) is 47.1 Å². The van der Waals surface area contributed by atoms with E-state index >= 15 is 0 Å². The van der Waals surface area contributed by atoms with Crippen molar-refractivity contribution < 1.29 is 9.72 Å². The lowest BCUT2D eigenvalue weighted by molar-refractivity contribution is -0.384. The molecule has 2 heterocycles. The highest BCUT2D eigenvalue weighted by Crippen LogP contribution is 2.31. The van der Waals surface area contributed by atoms with Crippen LogP contribution in [0.2, 0.25) is 0 Å². The molecule has 2 aromatic rings. The Balaban J connectivity index is 1.42. The Morgan fingerprint density at radius 2 is 1.79 bits per heavy atom. The van der Waals surface area contributed by atoms with Gasteiger partial charge in [0.1, 0.15) is 0 Å². The highest BCUT2D eigenvalue weighted by Gasteiger charge is 2.28. The van der Waals surface area contributed by atoms with Crippen molar-refractivity contribution in [2.24, 2.45) is 4.99 Å². The van der Waals surface area contributed by atoms with Crippen molar-refractivity contribution in [2.45, 2.75) is 6.92 Å². The lowest BCUT2D eigenvalue weighted by atomic mass is 10.1. The van der Waals surface area contributed by atoms with E-state index in [1.807, 2.05) is 6.07 Å². The van der Waals surface area contributed by atoms with E-state index in [0.29, 0.717) is 15.6 Å². The maximum atomic E-state index is 12.3. The van der Waals surface area contributed by atoms with Gasteiger partial charge < -0.3 is 9.80 Å². The van der Waals surface area contributed by atoms with Gasteiger partial charge in [-0.05, 0) is 42.0 Å². The van der Waals surface area contributed by atoms with Crippen molar-refractivity contribution in [3.05, 3.63) is 74.7 Å². The van der Waals surface area contributed by atoms with E-state index in [0.717, 1.165) is 26.2 Å². The standard InChI is InChI=1S/C21H20N4O3S/c1-15-5-2-3-8-18(15)23-9-11-24(12-10-23)21-22-20(26)19(29-21)14-16-6-4-7-17(13-16)25(27)28/h2-8,13-14H,9-12H2,1H3/b19-14+. The van der Waals surface area contributed by atoms with Gasteiger partial charge in [-0.25, -0.2) is 0 Å². The average Bonchev–Trinajstić information content (AvgIpc) is 3.09. The maximum Gasteiger partial charge on any atom is 0.286 e. The third-order valence-electron chi connectivity index (χ3n) is 4.99. The second-order valence-corrected chi connectivity index (χ2v) is 7.93. The highest BCUT2D eigenvalue weighted by atomic mass is 32.2. The number of hydrogen-bond donors (Lipinski definition) is 0. The Morgan fingerprint density at radius 1 is 1.07 bits per heavy atom. The fraction of sp³-hybridized carbons (Fsp3) is 0.238. The number of aliphatic imine (C=N–C) groups is 1. The first-order chi connectivity index (χ1) is 14.0. The van der Waals surface area contributed by atoms with E-state index in [1.165, 1.54) is 35.1 Å². The number of amidine groups is 1. The second-order valence-electron chi connectivity index (χ2n) is 6.92. The van der Waals surface area contributed by atoms with Crippen LogP contribution in [0.25, 0.3) is 6.08 Å². The van der Waals surface area contributed by atoms with Crippen LogP contribution < -0.4 is 4.90 Å². The van der Waals surface area contributed by atoms with Crippen LogP contribution in [0.5, 0.6) is 0 Å². The molecule has 8 heteroatoms. The Bertz CT molecular complexity index is 1030. The quantitative estimate of drug-likeness (QED) is 0.438. The molecule has 7 nitrogen and oxygen atoms in total. The van der Waals surface area contributed by atoms with Crippen molar-refractivity contribution in [1.29, 1.82) is 0 Å². The van der Waals surface area contributed by atoms with Crippen molar-refractivity contribution >= 4 is 40.3 Å². The number of non-ortho nitro benzene ring substituents is 1. The van der Waals surface area contributed by atoms with Gasteiger partial charge in [-0.1, -0.05) is 30.3 Å². The molecule has 1 saturated heterocycles. The molecular formula is C21H20N4O3S. The Morgan fingerprint density at radius 3 is 2.52 bits per heavy atom. The summed E-state index contributed by atoms with van der Waals surface area (Å²) in [6.07, 6.45) is 1.67. The molecule has 29 heavy (non-hydrogen) atoms. The Hall–Kier alpha value is -3.13. The topological polar surface area (TPSA) is 79.0 Å². The number of para-hydroxylation sites is 1. The van der Waals surface area contributed by atoms with Gasteiger partial charge in [0, 0.05) is 44.0 Å². The van der Waals surface area contributed by atoms with Gasteiger partial charge in [0.05, 0.1) is 9.83 Å². The third-order valence-corrected chi connectivity index (χ3v) is 6.04. The fourth-order valence-corrected chi connectivity index (χ4v) is 4.43. The number of hydrogen-bond acceptors (Lipinski definition) is 6. The number of carbonyl (C=O) groups is 1. The minimum absolute atomic E-state index is 0.00302. The number of piperazine rings is 1. The summed E-state index contributed by atoms with van der Waals surface area (Å²) in [7, 11) is 0. The zero-order valence-corrected chi connectivity index (χ0v) is 16.8. The molecule has 0 saturated carbocycles. The van der Waals surface area contributed by atoms with Gasteiger partial charge in [-0.3, -0.25) is 14.9 Å². The second kappa shape index (κ2) is 8.08. The number of nitro groups is 1. The minimum Gasteiger partial charge on any atom is -0.368 e. The van der Waals surface area contributed by atoms with Crippen molar-refractivity contribution in [2.75, 3.05) is 31.1 Å². The highest BCUT2D eigenvalue weighted by molar-refractivity contribution is 8.18. The first-order valence-electron chi connectivity index (χ1n) is 9.34. The maximum absolute atomic E-state index is 12.3. The molecule has 0 atom stereocenters. The average molecular weight is 408 g/mol. The number of rotatable bonds is 3. The largest absolute Gasteiger partial charge is 0.368 e. The molecule has 0 bridgehead atoms. The van der Waals surface area contributed by atoms with E-state index < -0.39 is 4.92 Å². The first-order valence-corrected chi connectivity index (χ1v) is 10.2. The predicted molar refractivity (Wildman–Crippen MR) is 116 cm³/mol. The Kier molecular flexibility index (Phi) is 5.35. The number of thioether (sulfide) groups is 1. The number of benzene rings is 2. The predicted octanol–water partition coefficient (Wildman–Crippen LogP) is 3.70. The van der Waals surface area contributed by atoms with Crippen LogP contribution in [-0.2, 0) is 4.79 Å². The number of carbonyl (C=O) groups excluding carboxylic acids is 1. The number of anilines is 1. The smallest absolute Gasteiger partial charge is 0.286 e. The van der Waals surface area contributed by atoms with E-state index in [9.17, 15) is 14.9 Å². The summed E-state index contributed by atoms with van der Waals surface area (Å²) in [5, 5.41) is 11.6.